The normalized spacial score (nSPS) is 15.6. The fraction of sp³-hybridized carbons (Fsp3) is 0.500. The van der Waals surface area contributed by atoms with Gasteiger partial charge in [-0.2, -0.15) is 5.10 Å². The number of anilines is 1. The molecule has 1 aliphatic heterocycles. The summed E-state index contributed by atoms with van der Waals surface area (Å²) in [6.45, 7) is 8.74. The highest BCUT2D eigenvalue weighted by Crippen LogP contribution is 2.23. The van der Waals surface area contributed by atoms with Crippen molar-refractivity contribution < 1.29 is 9.32 Å². The molecule has 1 saturated heterocycles. The number of hydrogen-bond acceptors (Lipinski definition) is 5. The number of aromatic amines is 1. The van der Waals surface area contributed by atoms with Gasteiger partial charge in [0.1, 0.15) is 5.76 Å². The third-order valence-electron chi connectivity index (χ3n) is 3.82. The van der Waals surface area contributed by atoms with Gasteiger partial charge in [-0.15, -0.1) is 0 Å². The van der Waals surface area contributed by atoms with Crippen molar-refractivity contribution in [3.05, 3.63) is 28.9 Å². The van der Waals surface area contributed by atoms with E-state index in [1.54, 1.807) is 13.0 Å². The number of carbonyl (C=O) groups excluding carboxylic acids is 1. The van der Waals surface area contributed by atoms with E-state index in [9.17, 15) is 4.79 Å². The van der Waals surface area contributed by atoms with E-state index in [-0.39, 0.29) is 5.91 Å². The second-order valence-corrected chi connectivity index (χ2v) is 5.38. The van der Waals surface area contributed by atoms with Crippen molar-refractivity contribution >= 4 is 11.6 Å². The van der Waals surface area contributed by atoms with Gasteiger partial charge in [0.25, 0.3) is 5.91 Å². The number of piperazine rings is 1. The van der Waals surface area contributed by atoms with Crippen LogP contribution in [0.15, 0.2) is 10.6 Å². The first-order chi connectivity index (χ1) is 10.1. The Hall–Kier alpha value is -2.31. The van der Waals surface area contributed by atoms with Crippen LogP contribution in [0.2, 0.25) is 0 Å². The number of nitrogens with zero attached hydrogens (tertiary/aromatic N) is 4. The predicted octanol–water partition coefficient (Wildman–Crippen LogP) is 1.29. The van der Waals surface area contributed by atoms with Crippen LogP contribution in [0.3, 0.4) is 0 Å². The number of H-pyrrole nitrogens is 1. The molecule has 2 aromatic heterocycles. The Labute approximate surface area is 122 Å². The Morgan fingerprint density at radius 3 is 2.48 bits per heavy atom. The zero-order valence-corrected chi connectivity index (χ0v) is 12.5. The van der Waals surface area contributed by atoms with Gasteiger partial charge < -0.3 is 14.3 Å². The van der Waals surface area contributed by atoms with Gasteiger partial charge in [-0.05, 0) is 20.8 Å². The molecule has 0 saturated carbocycles. The summed E-state index contributed by atoms with van der Waals surface area (Å²) in [5, 5.41) is 11.0. The largest absolute Gasteiger partial charge is 0.365 e. The molecule has 1 N–H and O–H groups in total. The topological polar surface area (TPSA) is 78.3 Å². The van der Waals surface area contributed by atoms with E-state index in [0.29, 0.717) is 24.5 Å². The highest BCUT2D eigenvalue weighted by molar-refractivity contribution is 5.92. The zero-order valence-electron chi connectivity index (χ0n) is 12.5. The smallest absolute Gasteiger partial charge is 0.276 e. The molecule has 0 bridgehead atoms. The third kappa shape index (κ3) is 2.51. The van der Waals surface area contributed by atoms with Crippen molar-refractivity contribution in [2.45, 2.75) is 20.8 Å². The van der Waals surface area contributed by atoms with Gasteiger partial charge in [0, 0.05) is 32.2 Å². The summed E-state index contributed by atoms with van der Waals surface area (Å²) in [7, 11) is 0. The van der Waals surface area contributed by atoms with E-state index in [4.69, 9.17) is 4.52 Å². The first kappa shape index (κ1) is 13.7. The maximum absolute atomic E-state index is 12.3. The number of carbonyl (C=O) groups is 1. The molecule has 2 aromatic rings. The second kappa shape index (κ2) is 5.23. The van der Waals surface area contributed by atoms with Crippen molar-refractivity contribution in [3.8, 4) is 0 Å². The molecule has 3 rings (SSSR count). The van der Waals surface area contributed by atoms with Crippen molar-refractivity contribution in [1.82, 2.24) is 20.3 Å². The van der Waals surface area contributed by atoms with Crippen molar-refractivity contribution in [2.75, 3.05) is 31.1 Å². The van der Waals surface area contributed by atoms with Crippen LogP contribution in [0.1, 0.15) is 27.6 Å². The molecule has 7 heteroatoms. The van der Waals surface area contributed by atoms with Crippen molar-refractivity contribution in [1.29, 1.82) is 0 Å². The minimum absolute atomic E-state index is 0.0628. The van der Waals surface area contributed by atoms with Crippen molar-refractivity contribution in [3.63, 3.8) is 0 Å². The quantitative estimate of drug-likeness (QED) is 0.901. The van der Waals surface area contributed by atoms with Crippen LogP contribution < -0.4 is 4.90 Å². The first-order valence-corrected chi connectivity index (χ1v) is 7.05. The number of rotatable bonds is 2. The number of hydrogen-bond donors (Lipinski definition) is 1. The van der Waals surface area contributed by atoms with Gasteiger partial charge >= 0.3 is 0 Å². The molecule has 21 heavy (non-hydrogen) atoms. The molecule has 7 nitrogen and oxygen atoms in total. The maximum Gasteiger partial charge on any atom is 0.276 e. The summed E-state index contributed by atoms with van der Waals surface area (Å²) in [6, 6.07) is 1.68. The van der Waals surface area contributed by atoms with Crippen LogP contribution >= 0.6 is 0 Å². The van der Waals surface area contributed by atoms with Gasteiger partial charge in [-0.25, -0.2) is 0 Å². The molecular formula is C14H19N5O2. The van der Waals surface area contributed by atoms with E-state index in [1.807, 2.05) is 18.7 Å². The number of aryl methyl sites for hydroxylation is 3. The first-order valence-electron chi connectivity index (χ1n) is 7.05. The minimum atomic E-state index is -0.0628. The number of amides is 1. The third-order valence-corrected chi connectivity index (χ3v) is 3.82. The Morgan fingerprint density at radius 1 is 1.24 bits per heavy atom. The van der Waals surface area contributed by atoms with Crippen LogP contribution in [0.5, 0.6) is 0 Å². The summed E-state index contributed by atoms with van der Waals surface area (Å²) in [6.07, 6.45) is 0. The molecule has 1 fully saturated rings. The van der Waals surface area contributed by atoms with E-state index < -0.39 is 0 Å². The number of aromatic nitrogens is 3. The van der Waals surface area contributed by atoms with Gasteiger partial charge in [0.05, 0.1) is 17.1 Å². The number of nitrogens with one attached hydrogen (secondary N) is 1. The van der Waals surface area contributed by atoms with E-state index in [1.165, 1.54) is 0 Å². The van der Waals surface area contributed by atoms with Gasteiger partial charge in [0.15, 0.2) is 5.69 Å². The molecule has 0 radical (unpaired) electrons. The Kier molecular flexibility index (Phi) is 3.40. The lowest BCUT2D eigenvalue weighted by atomic mass is 10.2. The van der Waals surface area contributed by atoms with Crippen LogP contribution in [-0.2, 0) is 0 Å². The van der Waals surface area contributed by atoms with Gasteiger partial charge in [-0.3, -0.25) is 9.89 Å². The van der Waals surface area contributed by atoms with Crippen LogP contribution in [0.25, 0.3) is 0 Å². The van der Waals surface area contributed by atoms with Crippen LogP contribution in [0.4, 0.5) is 5.69 Å². The lowest BCUT2D eigenvalue weighted by Crippen LogP contribution is -2.49. The lowest BCUT2D eigenvalue weighted by Gasteiger charge is -2.35. The zero-order chi connectivity index (χ0) is 15.0. The summed E-state index contributed by atoms with van der Waals surface area (Å²) < 4.78 is 4.97. The molecular weight excluding hydrogens is 270 g/mol. The average Bonchev–Trinajstić information content (AvgIpc) is 3.05. The summed E-state index contributed by atoms with van der Waals surface area (Å²) >= 11 is 0. The molecule has 3 heterocycles. The SMILES string of the molecule is Cc1cc(C(=O)N2CCN(c3c(C)n[nH]c3C)CC2)no1. The molecule has 0 atom stereocenters. The van der Waals surface area contributed by atoms with Crippen molar-refractivity contribution in [2.24, 2.45) is 0 Å². The highest BCUT2D eigenvalue weighted by atomic mass is 16.5. The van der Waals surface area contributed by atoms with E-state index >= 15 is 0 Å². The van der Waals surface area contributed by atoms with Gasteiger partial charge in [-0.1, -0.05) is 5.16 Å². The monoisotopic (exact) mass is 289 g/mol. The summed E-state index contributed by atoms with van der Waals surface area (Å²) in [4.78, 5) is 16.4. The Morgan fingerprint density at radius 2 is 1.95 bits per heavy atom. The van der Waals surface area contributed by atoms with Gasteiger partial charge in [0.2, 0.25) is 0 Å². The molecule has 0 aliphatic carbocycles. The Balaban J connectivity index is 1.67. The molecule has 0 unspecified atom stereocenters. The fourth-order valence-corrected chi connectivity index (χ4v) is 2.77. The highest BCUT2D eigenvalue weighted by Gasteiger charge is 2.26. The second-order valence-electron chi connectivity index (χ2n) is 5.38. The molecule has 1 aliphatic rings. The lowest BCUT2D eigenvalue weighted by molar-refractivity contribution is 0.0736. The Bertz CT molecular complexity index is 633. The van der Waals surface area contributed by atoms with E-state index in [2.05, 4.69) is 20.3 Å². The summed E-state index contributed by atoms with van der Waals surface area (Å²) in [5.41, 5.74) is 3.61. The maximum atomic E-state index is 12.3. The van der Waals surface area contributed by atoms with Crippen LogP contribution in [-0.4, -0.2) is 52.3 Å². The average molecular weight is 289 g/mol. The fourth-order valence-electron chi connectivity index (χ4n) is 2.77. The van der Waals surface area contributed by atoms with Crippen LogP contribution in [0, 0.1) is 20.8 Å². The molecule has 0 spiro atoms. The molecule has 1 amide bonds. The predicted molar refractivity (Wildman–Crippen MR) is 77.4 cm³/mol. The standard InChI is InChI=1S/C14H19N5O2/c1-9-8-12(17-21-9)14(20)19-6-4-18(5-7-19)13-10(2)15-16-11(13)3/h8H,4-7H2,1-3H3,(H,15,16). The summed E-state index contributed by atoms with van der Waals surface area (Å²) in [5.74, 6) is 0.591. The minimum Gasteiger partial charge on any atom is -0.365 e. The van der Waals surface area contributed by atoms with E-state index in [0.717, 1.165) is 30.2 Å². The molecule has 112 valence electrons. The molecule has 0 aromatic carbocycles.